The Hall–Kier alpha value is -1.03. The van der Waals surface area contributed by atoms with E-state index in [-0.39, 0.29) is 24.2 Å². The smallest absolute Gasteiger partial charge is 0.307 e. The lowest BCUT2D eigenvalue weighted by molar-refractivity contribution is -0.138. The highest BCUT2D eigenvalue weighted by Gasteiger charge is 2.44. The number of H-pyrrole nitrogens is 1. The van der Waals surface area contributed by atoms with Crippen LogP contribution >= 0.6 is 12.4 Å². The average molecular weight is 189 g/mol. The van der Waals surface area contributed by atoms with Crippen molar-refractivity contribution >= 4 is 18.4 Å². The van der Waals surface area contributed by atoms with Gasteiger partial charge in [0.05, 0.1) is 5.92 Å². The van der Waals surface area contributed by atoms with Gasteiger partial charge in [-0.3, -0.25) is 9.89 Å². The molecule has 1 aromatic rings. The van der Waals surface area contributed by atoms with Gasteiger partial charge in [0.25, 0.3) is 0 Å². The van der Waals surface area contributed by atoms with Crippen LogP contribution in [0.25, 0.3) is 0 Å². The van der Waals surface area contributed by atoms with Gasteiger partial charge in [-0.25, -0.2) is 0 Å². The Morgan fingerprint density at radius 3 is 2.92 bits per heavy atom. The molecule has 1 fully saturated rings. The van der Waals surface area contributed by atoms with Gasteiger partial charge in [-0.15, -0.1) is 12.4 Å². The third kappa shape index (κ3) is 1.43. The first-order valence-electron chi connectivity index (χ1n) is 3.51. The van der Waals surface area contributed by atoms with Crippen molar-refractivity contribution in [3.8, 4) is 0 Å². The second-order valence-electron chi connectivity index (χ2n) is 2.80. The maximum atomic E-state index is 10.4. The molecule has 2 rings (SSSR count). The van der Waals surface area contributed by atoms with Crippen LogP contribution in [0.15, 0.2) is 12.3 Å². The van der Waals surface area contributed by atoms with Gasteiger partial charge in [-0.2, -0.15) is 5.10 Å². The van der Waals surface area contributed by atoms with E-state index < -0.39 is 5.97 Å². The Balaban J connectivity index is 0.000000720. The average Bonchev–Trinajstić information content (AvgIpc) is 2.60. The standard InChI is InChI=1S/C7H8N2O2.ClH/c10-7(11)5-3-4(5)6-1-2-8-9-6;/h1-2,4-5H,3H2,(H,8,9)(H,10,11);1H/t4-,5-;/m1./s1. The molecular formula is C7H9ClN2O2. The molecule has 2 N–H and O–H groups in total. The summed E-state index contributed by atoms with van der Waals surface area (Å²) in [6, 6.07) is 1.83. The molecule has 0 aliphatic heterocycles. The minimum Gasteiger partial charge on any atom is -0.481 e. The zero-order valence-electron chi connectivity index (χ0n) is 6.23. The molecule has 0 radical (unpaired) electrons. The monoisotopic (exact) mass is 188 g/mol. The third-order valence-electron chi connectivity index (χ3n) is 2.03. The minimum atomic E-state index is -0.704. The lowest BCUT2D eigenvalue weighted by atomic mass is 10.2. The van der Waals surface area contributed by atoms with Crippen LogP contribution in [0, 0.1) is 5.92 Å². The van der Waals surface area contributed by atoms with Gasteiger partial charge < -0.3 is 5.11 Å². The number of aromatic nitrogens is 2. The number of hydrogen-bond acceptors (Lipinski definition) is 2. The van der Waals surface area contributed by atoms with Crippen molar-refractivity contribution in [2.24, 2.45) is 5.92 Å². The summed E-state index contributed by atoms with van der Waals surface area (Å²) in [7, 11) is 0. The van der Waals surface area contributed by atoms with Crippen molar-refractivity contribution in [3.63, 3.8) is 0 Å². The maximum Gasteiger partial charge on any atom is 0.307 e. The lowest BCUT2D eigenvalue weighted by Gasteiger charge is -1.89. The number of carboxylic acids is 1. The molecule has 1 heterocycles. The van der Waals surface area contributed by atoms with E-state index in [0.717, 1.165) is 12.1 Å². The van der Waals surface area contributed by atoms with E-state index >= 15 is 0 Å². The summed E-state index contributed by atoms with van der Waals surface area (Å²) in [6.45, 7) is 0. The van der Waals surface area contributed by atoms with Crippen molar-refractivity contribution < 1.29 is 9.90 Å². The second kappa shape index (κ2) is 3.15. The number of aromatic amines is 1. The van der Waals surface area contributed by atoms with Crippen LogP contribution in [-0.2, 0) is 4.79 Å². The number of carbonyl (C=O) groups is 1. The topological polar surface area (TPSA) is 66.0 Å². The summed E-state index contributed by atoms with van der Waals surface area (Å²) in [4.78, 5) is 10.4. The molecule has 1 aliphatic rings. The highest BCUT2D eigenvalue weighted by molar-refractivity contribution is 5.85. The normalized spacial score (nSPS) is 26.0. The number of nitrogens with zero attached hydrogens (tertiary/aromatic N) is 1. The molecule has 1 aromatic heterocycles. The Bertz CT molecular complexity index is 273. The minimum absolute atomic E-state index is 0. The van der Waals surface area contributed by atoms with Crippen LogP contribution in [0.2, 0.25) is 0 Å². The molecule has 12 heavy (non-hydrogen) atoms. The Kier molecular flexibility index (Phi) is 2.38. The fourth-order valence-corrected chi connectivity index (χ4v) is 1.28. The van der Waals surface area contributed by atoms with Gasteiger partial charge >= 0.3 is 5.97 Å². The number of hydrogen-bond donors (Lipinski definition) is 2. The number of nitrogens with one attached hydrogen (secondary N) is 1. The maximum absolute atomic E-state index is 10.4. The van der Waals surface area contributed by atoms with Crippen LogP contribution in [0.1, 0.15) is 18.0 Å². The zero-order valence-corrected chi connectivity index (χ0v) is 7.04. The molecule has 66 valence electrons. The molecule has 1 saturated carbocycles. The molecule has 2 atom stereocenters. The van der Waals surface area contributed by atoms with Crippen LogP contribution in [0.4, 0.5) is 0 Å². The molecule has 0 aromatic carbocycles. The molecule has 0 unspecified atom stereocenters. The Labute approximate surface area is 75.4 Å². The third-order valence-corrected chi connectivity index (χ3v) is 2.03. The van der Waals surface area contributed by atoms with Crippen LogP contribution in [-0.4, -0.2) is 21.3 Å². The van der Waals surface area contributed by atoms with Gasteiger partial charge in [0.15, 0.2) is 0 Å². The van der Waals surface area contributed by atoms with E-state index in [1.165, 1.54) is 0 Å². The van der Waals surface area contributed by atoms with E-state index in [4.69, 9.17) is 5.11 Å². The summed E-state index contributed by atoms with van der Waals surface area (Å²) in [5.74, 6) is -0.713. The summed E-state index contributed by atoms with van der Waals surface area (Å²) in [6.07, 6.45) is 2.39. The summed E-state index contributed by atoms with van der Waals surface area (Å²) in [5, 5.41) is 15.1. The molecule has 0 saturated heterocycles. The van der Waals surface area contributed by atoms with Gasteiger partial charge in [0.1, 0.15) is 0 Å². The van der Waals surface area contributed by atoms with E-state index in [9.17, 15) is 4.79 Å². The Morgan fingerprint density at radius 2 is 2.50 bits per heavy atom. The van der Waals surface area contributed by atoms with Crippen LogP contribution < -0.4 is 0 Å². The fourth-order valence-electron chi connectivity index (χ4n) is 1.28. The predicted molar refractivity (Wildman–Crippen MR) is 44.3 cm³/mol. The highest BCUT2D eigenvalue weighted by Crippen LogP contribution is 2.46. The Morgan fingerprint density at radius 1 is 1.75 bits per heavy atom. The van der Waals surface area contributed by atoms with Crippen molar-refractivity contribution in [1.29, 1.82) is 0 Å². The molecule has 5 heteroatoms. The van der Waals surface area contributed by atoms with E-state index in [1.807, 2.05) is 6.07 Å². The van der Waals surface area contributed by atoms with Crippen LogP contribution in [0.5, 0.6) is 0 Å². The predicted octanol–water partition coefficient (Wildman–Crippen LogP) is 1.02. The number of halogens is 1. The molecule has 0 amide bonds. The van der Waals surface area contributed by atoms with Crippen molar-refractivity contribution in [2.45, 2.75) is 12.3 Å². The van der Waals surface area contributed by atoms with Crippen molar-refractivity contribution in [1.82, 2.24) is 10.2 Å². The van der Waals surface area contributed by atoms with Gasteiger partial charge in [0, 0.05) is 17.8 Å². The van der Waals surface area contributed by atoms with E-state index in [2.05, 4.69) is 10.2 Å². The number of carboxylic acid groups (broad SMARTS) is 1. The van der Waals surface area contributed by atoms with E-state index in [0.29, 0.717) is 0 Å². The van der Waals surface area contributed by atoms with Gasteiger partial charge in [0.2, 0.25) is 0 Å². The first kappa shape index (κ1) is 9.06. The molecule has 4 nitrogen and oxygen atoms in total. The molecular weight excluding hydrogens is 180 g/mol. The quantitative estimate of drug-likeness (QED) is 0.728. The first-order valence-corrected chi connectivity index (χ1v) is 3.51. The SMILES string of the molecule is Cl.O=C(O)[C@@H]1C[C@H]1c1ccn[nH]1. The number of aliphatic carboxylic acids is 1. The number of rotatable bonds is 2. The lowest BCUT2D eigenvalue weighted by Crippen LogP contribution is -1.98. The summed E-state index contributed by atoms with van der Waals surface area (Å²) < 4.78 is 0. The summed E-state index contributed by atoms with van der Waals surface area (Å²) in [5.41, 5.74) is 0.942. The molecule has 1 aliphatic carbocycles. The zero-order chi connectivity index (χ0) is 7.84. The highest BCUT2D eigenvalue weighted by atomic mass is 35.5. The molecule has 0 spiro atoms. The fraction of sp³-hybridized carbons (Fsp3) is 0.429. The van der Waals surface area contributed by atoms with Gasteiger partial charge in [-0.1, -0.05) is 0 Å². The van der Waals surface area contributed by atoms with Crippen molar-refractivity contribution in [2.75, 3.05) is 0 Å². The van der Waals surface area contributed by atoms with Crippen LogP contribution in [0.3, 0.4) is 0 Å². The molecule has 0 bridgehead atoms. The van der Waals surface area contributed by atoms with E-state index in [1.54, 1.807) is 6.20 Å². The van der Waals surface area contributed by atoms with Gasteiger partial charge in [-0.05, 0) is 12.5 Å². The first-order chi connectivity index (χ1) is 5.29. The largest absolute Gasteiger partial charge is 0.481 e. The summed E-state index contributed by atoms with van der Waals surface area (Å²) >= 11 is 0. The second-order valence-corrected chi connectivity index (χ2v) is 2.80. The van der Waals surface area contributed by atoms with Crippen molar-refractivity contribution in [3.05, 3.63) is 18.0 Å².